The molecule has 1 aliphatic heterocycles. The van der Waals surface area contributed by atoms with Crippen molar-refractivity contribution in [1.29, 1.82) is 0 Å². The number of hydrogen-bond acceptors (Lipinski definition) is 3. The molecule has 1 fully saturated rings. The summed E-state index contributed by atoms with van der Waals surface area (Å²) in [6.45, 7) is 3.27. The van der Waals surface area contributed by atoms with E-state index in [0.717, 1.165) is 12.1 Å². The van der Waals surface area contributed by atoms with Crippen molar-refractivity contribution in [3.05, 3.63) is 30.1 Å². The lowest BCUT2D eigenvalue weighted by atomic mass is 9.95. The largest absolute Gasteiger partial charge is 0.336 e. The first kappa shape index (κ1) is 11.1. The lowest BCUT2D eigenvalue weighted by Gasteiger charge is -2.26. The lowest BCUT2D eigenvalue weighted by molar-refractivity contribution is -0.128. The van der Waals surface area contributed by atoms with Crippen LogP contribution in [-0.4, -0.2) is 28.9 Å². The molecule has 1 saturated heterocycles. The van der Waals surface area contributed by atoms with Crippen molar-refractivity contribution < 1.29 is 4.79 Å². The zero-order valence-electron chi connectivity index (χ0n) is 9.47. The number of rotatable bonds is 3. The van der Waals surface area contributed by atoms with Crippen molar-refractivity contribution in [2.45, 2.75) is 19.4 Å². The van der Waals surface area contributed by atoms with Gasteiger partial charge in [0.15, 0.2) is 0 Å². The van der Waals surface area contributed by atoms with Gasteiger partial charge in [0.05, 0.1) is 6.04 Å². The van der Waals surface area contributed by atoms with E-state index in [0.29, 0.717) is 13.0 Å². The van der Waals surface area contributed by atoms with Crippen molar-refractivity contribution in [3.63, 3.8) is 0 Å². The van der Waals surface area contributed by atoms with Crippen molar-refractivity contribution in [2.75, 3.05) is 13.1 Å². The minimum absolute atomic E-state index is 0.108. The highest BCUT2D eigenvalue weighted by Crippen LogP contribution is 2.36. The molecule has 1 aliphatic rings. The fourth-order valence-corrected chi connectivity index (χ4v) is 2.45. The molecule has 1 aromatic heterocycles. The van der Waals surface area contributed by atoms with Crippen molar-refractivity contribution in [1.82, 2.24) is 9.88 Å². The van der Waals surface area contributed by atoms with Gasteiger partial charge in [0.1, 0.15) is 0 Å². The van der Waals surface area contributed by atoms with Crippen LogP contribution in [0.5, 0.6) is 0 Å². The zero-order valence-corrected chi connectivity index (χ0v) is 9.47. The Morgan fingerprint density at radius 1 is 1.62 bits per heavy atom. The summed E-state index contributed by atoms with van der Waals surface area (Å²) in [4.78, 5) is 17.8. The average Bonchev–Trinajstić information content (AvgIpc) is 2.66. The van der Waals surface area contributed by atoms with Crippen LogP contribution < -0.4 is 5.73 Å². The van der Waals surface area contributed by atoms with E-state index in [2.05, 4.69) is 4.98 Å². The molecule has 4 nitrogen and oxygen atoms in total. The van der Waals surface area contributed by atoms with Gasteiger partial charge in [0.2, 0.25) is 5.91 Å². The van der Waals surface area contributed by atoms with Gasteiger partial charge >= 0.3 is 0 Å². The molecular formula is C12H17N3O. The van der Waals surface area contributed by atoms with Gasteiger partial charge in [-0.05, 0) is 25.1 Å². The van der Waals surface area contributed by atoms with E-state index in [-0.39, 0.29) is 17.9 Å². The standard InChI is InChI=1S/C12H17N3O/c1-2-15-11(16)6-10(7-13)12(15)9-4-3-5-14-8-9/h3-5,8,10,12H,2,6-7,13H2,1H3/t10-,12-/m1/s1. The molecule has 16 heavy (non-hydrogen) atoms. The Balaban J connectivity index is 2.32. The second-order valence-corrected chi connectivity index (χ2v) is 4.11. The molecule has 0 bridgehead atoms. The number of hydrogen-bond donors (Lipinski definition) is 1. The van der Waals surface area contributed by atoms with Gasteiger partial charge in [-0.3, -0.25) is 9.78 Å². The molecule has 2 atom stereocenters. The van der Waals surface area contributed by atoms with Crippen LogP contribution in [0.25, 0.3) is 0 Å². The highest BCUT2D eigenvalue weighted by molar-refractivity contribution is 5.79. The van der Waals surface area contributed by atoms with E-state index in [1.807, 2.05) is 30.2 Å². The molecule has 2 heterocycles. The Bertz CT molecular complexity index is 366. The number of likely N-dealkylation sites (tertiary alicyclic amines) is 1. The Morgan fingerprint density at radius 3 is 3.00 bits per heavy atom. The molecular weight excluding hydrogens is 202 g/mol. The van der Waals surface area contributed by atoms with Crippen LogP contribution >= 0.6 is 0 Å². The monoisotopic (exact) mass is 219 g/mol. The third kappa shape index (κ3) is 1.80. The molecule has 2 N–H and O–H groups in total. The van der Waals surface area contributed by atoms with Gasteiger partial charge < -0.3 is 10.6 Å². The first-order valence-electron chi connectivity index (χ1n) is 5.67. The summed E-state index contributed by atoms with van der Waals surface area (Å²) in [6.07, 6.45) is 4.13. The lowest BCUT2D eigenvalue weighted by Crippen LogP contribution is -2.30. The first-order chi connectivity index (χ1) is 7.77. The van der Waals surface area contributed by atoms with Crippen molar-refractivity contribution in [2.24, 2.45) is 11.7 Å². The van der Waals surface area contributed by atoms with Gasteiger partial charge in [0.25, 0.3) is 0 Å². The van der Waals surface area contributed by atoms with Crippen LogP contribution in [0.2, 0.25) is 0 Å². The number of carbonyl (C=O) groups is 1. The molecule has 86 valence electrons. The fraction of sp³-hybridized carbons (Fsp3) is 0.500. The molecule has 0 unspecified atom stereocenters. The maximum absolute atomic E-state index is 11.8. The van der Waals surface area contributed by atoms with Crippen LogP contribution in [0, 0.1) is 5.92 Å². The number of aromatic nitrogens is 1. The van der Waals surface area contributed by atoms with Gasteiger partial charge in [-0.15, -0.1) is 0 Å². The minimum atomic E-state index is 0.108. The minimum Gasteiger partial charge on any atom is -0.336 e. The molecule has 0 spiro atoms. The van der Waals surface area contributed by atoms with Crippen LogP contribution in [0.3, 0.4) is 0 Å². The van der Waals surface area contributed by atoms with E-state index in [9.17, 15) is 4.79 Å². The summed E-state index contributed by atoms with van der Waals surface area (Å²) in [6, 6.07) is 4.03. The first-order valence-corrected chi connectivity index (χ1v) is 5.67. The molecule has 0 aromatic carbocycles. The Kier molecular flexibility index (Phi) is 3.19. The average molecular weight is 219 g/mol. The van der Waals surface area contributed by atoms with Crippen LogP contribution in [0.15, 0.2) is 24.5 Å². The van der Waals surface area contributed by atoms with Gasteiger partial charge in [-0.2, -0.15) is 0 Å². The molecule has 0 radical (unpaired) electrons. The number of nitrogens with zero attached hydrogens (tertiary/aromatic N) is 2. The molecule has 1 amide bonds. The Hall–Kier alpha value is -1.42. The summed E-state index contributed by atoms with van der Waals surface area (Å²) in [5.41, 5.74) is 6.83. The second kappa shape index (κ2) is 4.61. The zero-order chi connectivity index (χ0) is 11.5. The Labute approximate surface area is 95.5 Å². The van der Waals surface area contributed by atoms with Crippen molar-refractivity contribution in [3.8, 4) is 0 Å². The molecule has 2 rings (SSSR count). The summed E-state index contributed by atoms with van der Waals surface area (Å²) in [5.74, 6) is 0.420. The Morgan fingerprint density at radius 2 is 2.44 bits per heavy atom. The van der Waals surface area contributed by atoms with Crippen molar-refractivity contribution >= 4 is 5.91 Å². The van der Waals surface area contributed by atoms with E-state index in [4.69, 9.17) is 5.73 Å². The summed E-state index contributed by atoms with van der Waals surface area (Å²) >= 11 is 0. The summed E-state index contributed by atoms with van der Waals surface area (Å²) in [7, 11) is 0. The summed E-state index contributed by atoms with van der Waals surface area (Å²) in [5, 5.41) is 0. The normalized spacial score (nSPS) is 25.1. The molecule has 0 saturated carbocycles. The van der Waals surface area contributed by atoms with Crippen LogP contribution in [0.4, 0.5) is 0 Å². The number of nitrogens with two attached hydrogens (primary N) is 1. The topological polar surface area (TPSA) is 59.2 Å². The smallest absolute Gasteiger partial charge is 0.223 e. The number of carbonyl (C=O) groups excluding carboxylic acids is 1. The maximum Gasteiger partial charge on any atom is 0.223 e. The highest BCUT2D eigenvalue weighted by Gasteiger charge is 2.38. The van der Waals surface area contributed by atoms with Crippen LogP contribution in [0.1, 0.15) is 24.9 Å². The molecule has 0 aliphatic carbocycles. The van der Waals surface area contributed by atoms with Crippen LogP contribution in [-0.2, 0) is 4.79 Å². The number of pyridine rings is 1. The van der Waals surface area contributed by atoms with E-state index < -0.39 is 0 Å². The summed E-state index contributed by atoms with van der Waals surface area (Å²) < 4.78 is 0. The SMILES string of the molecule is CCN1C(=O)C[C@H](CN)[C@H]1c1cccnc1. The van der Waals surface area contributed by atoms with Gasteiger partial charge in [-0.1, -0.05) is 6.07 Å². The second-order valence-electron chi connectivity index (χ2n) is 4.11. The van der Waals surface area contributed by atoms with E-state index >= 15 is 0 Å². The molecule has 4 heteroatoms. The van der Waals surface area contributed by atoms with Gasteiger partial charge in [0, 0.05) is 31.3 Å². The van der Waals surface area contributed by atoms with E-state index in [1.54, 1.807) is 6.20 Å². The molecule has 1 aromatic rings. The third-order valence-corrected chi connectivity index (χ3v) is 3.21. The van der Waals surface area contributed by atoms with E-state index in [1.165, 1.54) is 0 Å². The van der Waals surface area contributed by atoms with Gasteiger partial charge in [-0.25, -0.2) is 0 Å². The maximum atomic E-state index is 11.8. The number of amides is 1. The third-order valence-electron chi connectivity index (χ3n) is 3.21. The highest BCUT2D eigenvalue weighted by atomic mass is 16.2. The quantitative estimate of drug-likeness (QED) is 0.823. The predicted molar refractivity (Wildman–Crippen MR) is 61.5 cm³/mol. The predicted octanol–water partition coefficient (Wildman–Crippen LogP) is 0.950. The fourth-order valence-electron chi connectivity index (χ4n) is 2.45.